The summed E-state index contributed by atoms with van der Waals surface area (Å²) in [5.74, 6) is -1.50. The van der Waals surface area contributed by atoms with Gasteiger partial charge in [0, 0.05) is 6.04 Å². The summed E-state index contributed by atoms with van der Waals surface area (Å²) >= 11 is 0. The average Bonchev–Trinajstić information content (AvgIpc) is 2.09. The highest BCUT2D eigenvalue weighted by molar-refractivity contribution is 5.85. The van der Waals surface area contributed by atoms with E-state index in [-0.39, 0.29) is 18.4 Å². The summed E-state index contributed by atoms with van der Waals surface area (Å²) in [6.45, 7) is 2.79. The van der Waals surface area contributed by atoms with E-state index in [4.69, 9.17) is 0 Å². The normalized spacial score (nSPS) is 19.8. The minimum atomic E-state index is -0.755. The van der Waals surface area contributed by atoms with Gasteiger partial charge < -0.3 is 5.32 Å². The molecular weight excluding hydrogens is 208 g/mol. The van der Waals surface area contributed by atoms with Gasteiger partial charge >= 0.3 is 0 Å². The lowest BCUT2D eigenvalue weighted by Crippen LogP contribution is -2.28. The van der Waals surface area contributed by atoms with Crippen molar-refractivity contribution in [3.63, 3.8) is 0 Å². The van der Waals surface area contributed by atoms with E-state index < -0.39 is 11.6 Å². The predicted octanol–water partition coefficient (Wildman–Crippen LogP) is 2.59. The van der Waals surface area contributed by atoms with Crippen molar-refractivity contribution >= 4 is 12.4 Å². The van der Waals surface area contributed by atoms with Crippen LogP contribution in [0.5, 0.6) is 0 Å². The smallest absolute Gasteiger partial charge is 0.159 e. The Bertz CT molecular complexity index is 341. The molecule has 1 N–H and O–H groups in total. The van der Waals surface area contributed by atoms with Crippen molar-refractivity contribution in [3.05, 3.63) is 34.9 Å². The van der Waals surface area contributed by atoms with Gasteiger partial charge in [0.05, 0.1) is 0 Å². The minimum absolute atomic E-state index is 0. The van der Waals surface area contributed by atoms with Crippen LogP contribution in [0, 0.1) is 11.6 Å². The van der Waals surface area contributed by atoms with Gasteiger partial charge in [0.1, 0.15) is 0 Å². The zero-order valence-electron chi connectivity index (χ0n) is 7.81. The topological polar surface area (TPSA) is 12.0 Å². The lowest BCUT2D eigenvalue weighted by molar-refractivity contribution is 0.487. The fourth-order valence-corrected chi connectivity index (χ4v) is 1.76. The molecule has 0 bridgehead atoms. The second-order valence-electron chi connectivity index (χ2n) is 3.39. The Morgan fingerprint density at radius 2 is 1.93 bits per heavy atom. The molecule has 1 nitrogen and oxygen atoms in total. The van der Waals surface area contributed by atoms with Crippen molar-refractivity contribution in [1.29, 1.82) is 0 Å². The van der Waals surface area contributed by atoms with Gasteiger partial charge in [-0.1, -0.05) is 0 Å². The van der Waals surface area contributed by atoms with E-state index in [0.29, 0.717) is 0 Å². The highest BCUT2D eigenvalue weighted by Gasteiger charge is 2.18. The number of rotatable bonds is 0. The van der Waals surface area contributed by atoms with E-state index >= 15 is 0 Å². The van der Waals surface area contributed by atoms with Crippen molar-refractivity contribution in [2.24, 2.45) is 0 Å². The molecule has 1 aliphatic heterocycles. The van der Waals surface area contributed by atoms with Crippen LogP contribution in [0.25, 0.3) is 0 Å². The molecule has 0 amide bonds. The highest BCUT2D eigenvalue weighted by atomic mass is 35.5. The second-order valence-corrected chi connectivity index (χ2v) is 3.39. The molecule has 1 unspecified atom stereocenters. The van der Waals surface area contributed by atoms with Gasteiger partial charge in [0.25, 0.3) is 0 Å². The van der Waals surface area contributed by atoms with E-state index in [1.54, 1.807) is 0 Å². The molecule has 0 fully saturated rings. The monoisotopic (exact) mass is 219 g/mol. The molecule has 0 aromatic heterocycles. The Hall–Kier alpha value is -0.670. The molecule has 0 aliphatic carbocycles. The van der Waals surface area contributed by atoms with Crippen LogP contribution in [-0.4, -0.2) is 6.54 Å². The molecular formula is C10H12ClF2N. The quantitative estimate of drug-likeness (QED) is 0.707. The Morgan fingerprint density at radius 3 is 2.64 bits per heavy atom. The maximum atomic E-state index is 12.9. The lowest BCUT2D eigenvalue weighted by atomic mass is 9.95. The third kappa shape index (κ3) is 1.88. The lowest BCUT2D eigenvalue weighted by Gasteiger charge is -2.23. The van der Waals surface area contributed by atoms with Crippen molar-refractivity contribution in [2.45, 2.75) is 19.4 Å². The van der Waals surface area contributed by atoms with Gasteiger partial charge in [-0.2, -0.15) is 0 Å². The summed E-state index contributed by atoms with van der Waals surface area (Å²) in [5, 5.41) is 3.20. The van der Waals surface area contributed by atoms with E-state index in [0.717, 1.165) is 24.1 Å². The second kappa shape index (κ2) is 4.24. The first-order valence-electron chi connectivity index (χ1n) is 4.39. The van der Waals surface area contributed by atoms with E-state index in [1.165, 1.54) is 12.1 Å². The third-order valence-corrected chi connectivity index (χ3v) is 2.49. The van der Waals surface area contributed by atoms with Crippen molar-refractivity contribution in [2.75, 3.05) is 6.54 Å². The van der Waals surface area contributed by atoms with Gasteiger partial charge in [0.15, 0.2) is 11.6 Å². The molecule has 0 spiro atoms. The van der Waals surface area contributed by atoms with Crippen LogP contribution in [0.15, 0.2) is 12.1 Å². The van der Waals surface area contributed by atoms with E-state index in [9.17, 15) is 8.78 Å². The van der Waals surface area contributed by atoms with Crippen LogP contribution in [0.1, 0.15) is 24.1 Å². The molecule has 2 rings (SSSR count). The van der Waals surface area contributed by atoms with Gasteiger partial charge in [-0.3, -0.25) is 0 Å². The molecule has 1 aliphatic rings. The molecule has 1 heterocycles. The zero-order valence-corrected chi connectivity index (χ0v) is 8.63. The fourth-order valence-electron chi connectivity index (χ4n) is 1.76. The number of fused-ring (bicyclic) bond motifs is 1. The molecule has 1 aromatic rings. The largest absolute Gasteiger partial charge is 0.310 e. The number of nitrogens with one attached hydrogen (secondary N) is 1. The molecule has 4 heteroatoms. The molecule has 0 radical (unpaired) electrons. The molecule has 78 valence electrons. The fraction of sp³-hybridized carbons (Fsp3) is 0.400. The van der Waals surface area contributed by atoms with Crippen LogP contribution < -0.4 is 5.32 Å². The molecule has 1 aromatic carbocycles. The molecule has 0 saturated carbocycles. The first-order chi connectivity index (χ1) is 6.18. The minimum Gasteiger partial charge on any atom is -0.310 e. The Morgan fingerprint density at radius 1 is 1.29 bits per heavy atom. The van der Waals surface area contributed by atoms with Crippen molar-refractivity contribution < 1.29 is 8.78 Å². The summed E-state index contributed by atoms with van der Waals surface area (Å²) in [4.78, 5) is 0. The summed E-state index contributed by atoms with van der Waals surface area (Å²) in [5.41, 5.74) is 1.80. The summed E-state index contributed by atoms with van der Waals surface area (Å²) < 4.78 is 25.7. The highest BCUT2D eigenvalue weighted by Crippen LogP contribution is 2.24. The van der Waals surface area contributed by atoms with E-state index in [1.807, 2.05) is 6.92 Å². The number of benzene rings is 1. The summed E-state index contributed by atoms with van der Waals surface area (Å²) in [6.07, 6.45) is 0.775. The number of hydrogen-bond donors (Lipinski definition) is 1. The van der Waals surface area contributed by atoms with Gasteiger partial charge in [0.2, 0.25) is 0 Å². The molecule has 1 atom stereocenters. The Kier molecular flexibility index (Phi) is 3.45. The van der Waals surface area contributed by atoms with Gasteiger partial charge in [-0.05, 0) is 43.1 Å². The first kappa shape index (κ1) is 11.4. The number of hydrogen-bond acceptors (Lipinski definition) is 1. The van der Waals surface area contributed by atoms with Crippen LogP contribution in [0.3, 0.4) is 0 Å². The first-order valence-corrected chi connectivity index (χ1v) is 4.39. The number of halogens is 3. The van der Waals surface area contributed by atoms with Gasteiger partial charge in [-0.15, -0.1) is 12.4 Å². The molecule has 0 saturated heterocycles. The average molecular weight is 220 g/mol. The van der Waals surface area contributed by atoms with Crippen LogP contribution in [0.4, 0.5) is 8.78 Å². The molecule has 14 heavy (non-hydrogen) atoms. The van der Waals surface area contributed by atoms with Crippen LogP contribution >= 0.6 is 12.4 Å². The summed E-state index contributed by atoms with van der Waals surface area (Å²) in [7, 11) is 0. The van der Waals surface area contributed by atoms with Gasteiger partial charge in [-0.25, -0.2) is 8.78 Å². The Balaban J connectivity index is 0.000000980. The standard InChI is InChI=1S/C10H11F2N.ClH/c1-6-8-5-10(12)9(11)4-7(8)2-3-13-6;/h4-6,13H,2-3H2,1H3;1H. The maximum absolute atomic E-state index is 12.9. The van der Waals surface area contributed by atoms with Crippen LogP contribution in [-0.2, 0) is 6.42 Å². The van der Waals surface area contributed by atoms with E-state index in [2.05, 4.69) is 5.32 Å². The van der Waals surface area contributed by atoms with Crippen molar-refractivity contribution in [1.82, 2.24) is 5.32 Å². The zero-order chi connectivity index (χ0) is 9.42. The van der Waals surface area contributed by atoms with Crippen LogP contribution in [0.2, 0.25) is 0 Å². The maximum Gasteiger partial charge on any atom is 0.159 e. The SMILES string of the molecule is CC1NCCc2cc(F)c(F)cc21.Cl. The third-order valence-electron chi connectivity index (χ3n) is 2.49. The summed E-state index contributed by atoms with van der Waals surface area (Å²) in [6, 6.07) is 2.72. The van der Waals surface area contributed by atoms with Crippen molar-refractivity contribution in [3.8, 4) is 0 Å². The Labute approximate surface area is 87.9 Å². The predicted molar refractivity (Wildman–Crippen MR) is 53.7 cm³/mol.